The van der Waals surface area contributed by atoms with Crippen LogP contribution in [0.1, 0.15) is 25.3 Å². The van der Waals surface area contributed by atoms with E-state index in [0.29, 0.717) is 31.3 Å². The third-order valence-corrected chi connectivity index (χ3v) is 4.16. The largest absolute Gasteiger partial charge is 0.450 e. The first-order valence-electron chi connectivity index (χ1n) is 8.04. The molecule has 1 fully saturated rings. The first-order valence-corrected chi connectivity index (χ1v) is 8.41. The molecule has 1 aliphatic rings. The van der Waals surface area contributed by atoms with Crippen molar-refractivity contribution >= 4 is 23.6 Å². The van der Waals surface area contributed by atoms with Gasteiger partial charge in [-0.15, -0.1) is 0 Å². The maximum absolute atomic E-state index is 12.3. The Balaban J connectivity index is 1.77. The van der Waals surface area contributed by atoms with Crippen LogP contribution in [0.3, 0.4) is 0 Å². The molecule has 0 saturated carbocycles. The van der Waals surface area contributed by atoms with Crippen LogP contribution in [-0.4, -0.2) is 43.1 Å². The lowest BCUT2D eigenvalue weighted by Gasteiger charge is -2.31. The molecule has 6 heteroatoms. The van der Waals surface area contributed by atoms with Gasteiger partial charge in [0.15, 0.2) is 0 Å². The number of amides is 2. The zero-order chi connectivity index (χ0) is 16.7. The molecular weight excluding hydrogens is 316 g/mol. The molecule has 1 saturated heterocycles. The molecule has 1 atom stereocenters. The Bertz CT molecular complexity index is 550. The van der Waals surface area contributed by atoms with Crippen molar-refractivity contribution < 1.29 is 14.3 Å². The van der Waals surface area contributed by atoms with Crippen LogP contribution in [0.2, 0.25) is 5.02 Å². The molecule has 5 nitrogen and oxygen atoms in total. The molecular formula is C17H23ClN2O3. The number of carbonyl (C=O) groups is 2. The highest BCUT2D eigenvalue weighted by Gasteiger charge is 2.28. The summed E-state index contributed by atoms with van der Waals surface area (Å²) in [6.45, 7) is 3.79. The average Bonchev–Trinajstić information content (AvgIpc) is 2.55. The Morgan fingerprint density at radius 3 is 3.00 bits per heavy atom. The summed E-state index contributed by atoms with van der Waals surface area (Å²) in [4.78, 5) is 25.6. The van der Waals surface area contributed by atoms with Crippen molar-refractivity contribution in [3.05, 3.63) is 34.9 Å². The second-order valence-electron chi connectivity index (χ2n) is 5.66. The van der Waals surface area contributed by atoms with E-state index >= 15 is 0 Å². The predicted octanol–water partition coefficient (Wildman–Crippen LogP) is 2.87. The summed E-state index contributed by atoms with van der Waals surface area (Å²) in [7, 11) is 0. The number of nitrogens with one attached hydrogen (secondary N) is 1. The maximum Gasteiger partial charge on any atom is 0.409 e. The molecule has 0 bridgehead atoms. The fraction of sp³-hybridized carbons (Fsp3) is 0.529. The van der Waals surface area contributed by atoms with Crippen molar-refractivity contribution in [1.29, 1.82) is 0 Å². The standard InChI is InChI=1S/C17H23ClN2O3/c1-2-23-17(22)20-10-4-6-14(12-20)16(21)19-9-8-13-5-3-7-15(18)11-13/h3,5,7,11,14H,2,4,6,8-10,12H2,1H3,(H,19,21). The Labute approximate surface area is 141 Å². The van der Waals surface area contributed by atoms with E-state index in [2.05, 4.69) is 5.32 Å². The number of benzene rings is 1. The Kier molecular flexibility index (Phi) is 6.71. The van der Waals surface area contributed by atoms with E-state index in [1.807, 2.05) is 24.3 Å². The van der Waals surface area contributed by atoms with Gasteiger partial charge in [0.2, 0.25) is 5.91 Å². The van der Waals surface area contributed by atoms with Crippen LogP contribution in [0.25, 0.3) is 0 Å². The van der Waals surface area contributed by atoms with Gasteiger partial charge >= 0.3 is 6.09 Å². The first kappa shape index (κ1) is 17.6. The fourth-order valence-corrected chi connectivity index (χ4v) is 2.95. The summed E-state index contributed by atoms with van der Waals surface area (Å²) in [6, 6.07) is 7.62. The lowest BCUT2D eigenvalue weighted by Crippen LogP contribution is -2.45. The lowest BCUT2D eigenvalue weighted by atomic mass is 9.97. The number of nitrogens with zero attached hydrogens (tertiary/aromatic N) is 1. The summed E-state index contributed by atoms with van der Waals surface area (Å²) < 4.78 is 5.00. The molecule has 1 aromatic rings. The number of hydrogen-bond acceptors (Lipinski definition) is 3. The van der Waals surface area contributed by atoms with E-state index in [0.717, 1.165) is 24.8 Å². The molecule has 1 N–H and O–H groups in total. The van der Waals surface area contributed by atoms with E-state index in [9.17, 15) is 9.59 Å². The van der Waals surface area contributed by atoms with Crippen molar-refractivity contribution in [3.8, 4) is 0 Å². The highest BCUT2D eigenvalue weighted by atomic mass is 35.5. The van der Waals surface area contributed by atoms with Crippen LogP contribution in [0.15, 0.2) is 24.3 Å². The van der Waals surface area contributed by atoms with Crippen molar-refractivity contribution in [2.75, 3.05) is 26.2 Å². The highest BCUT2D eigenvalue weighted by molar-refractivity contribution is 6.30. The minimum absolute atomic E-state index is 0.000950. The Morgan fingerprint density at radius 2 is 2.26 bits per heavy atom. The fourth-order valence-electron chi connectivity index (χ4n) is 2.74. The lowest BCUT2D eigenvalue weighted by molar-refractivity contribution is -0.126. The van der Waals surface area contributed by atoms with Crippen LogP contribution in [0.4, 0.5) is 4.79 Å². The van der Waals surface area contributed by atoms with Gasteiger partial charge in [-0.2, -0.15) is 0 Å². The Morgan fingerprint density at radius 1 is 1.43 bits per heavy atom. The summed E-state index contributed by atoms with van der Waals surface area (Å²) in [6.07, 6.45) is 2.04. The number of likely N-dealkylation sites (tertiary alicyclic amines) is 1. The zero-order valence-corrected chi connectivity index (χ0v) is 14.1. The molecule has 126 valence electrons. The topological polar surface area (TPSA) is 58.6 Å². The number of ether oxygens (including phenoxy) is 1. The molecule has 1 unspecified atom stereocenters. The number of rotatable bonds is 5. The maximum atomic E-state index is 12.3. The van der Waals surface area contributed by atoms with Gasteiger partial charge in [-0.3, -0.25) is 4.79 Å². The second-order valence-corrected chi connectivity index (χ2v) is 6.09. The van der Waals surface area contributed by atoms with Gasteiger partial charge in [-0.1, -0.05) is 23.7 Å². The van der Waals surface area contributed by atoms with Crippen LogP contribution < -0.4 is 5.32 Å². The predicted molar refractivity (Wildman–Crippen MR) is 89.5 cm³/mol. The SMILES string of the molecule is CCOC(=O)N1CCCC(C(=O)NCCc2cccc(Cl)c2)C1. The van der Waals surface area contributed by atoms with E-state index in [1.54, 1.807) is 11.8 Å². The van der Waals surface area contributed by atoms with E-state index in [4.69, 9.17) is 16.3 Å². The van der Waals surface area contributed by atoms with Gasteiger partial charge in [-0.25, -0.2) is 4.79 Å². The molecule has 1 aromatic carbocycles. The van der Waals surface area contributed by atoms with Crippen LogP contribution in [-0.2, 0) is 16.0 Å². The smallest absolute Gasteiger partial charge is 0.409 e. The van der Waals surface area contributed by atoms with Gasteiger partial charge < -0.3 is 15.0 Å². The van der Waals surface area contributed by atoms with E-state index in [1.165, 1.54) is 0 Å². The number of piperidine rings is 1. The van der Waals surface area contributed by atoms with Gasteiger partial charge in [0, 0.05) is 24.7 Å². The zero-order valence-electron chi connectivity index (χ0n) is 13.4. The quantitative estimate of drug-likeness (QED) is 0.898. The molecule has 0 aromatic heterocycles. The van der Waals surface area contributed by atoms with Crippen molar-refractivity contribution in [2.45, 2.75) is 26.2 Å². The molecule has 2 rings (SSSR count). The monoisotopic (exact) mass is 338 g/mol. The van der Waals surface area contributed by atoms with E-state index < -0.39 is 0 Å². The molecule has 1 aliphatic heterocycles. The third-order valence-electron chi connectivity index (χ3n) is 3.92. The molecule has 0 spiro atoms. The summed E-state index contributed by atoms with van der Waals surface area (Å²) in [5.41, 5.74) is 1.09. The van der Waals surface area contributed by atoms with Crippen LogP contribution in [0, 0.1) is 5.92 Å². The molecule has 23 heavy (non-hydrogen) atoms. The average molecular weight is 339 g/mol. The van der Waals surface area contributed by atoms with Gasteiger partial charge in [0.25, 0.3) is 0 Å². The van der Waals surface area contributed by atoms with Crippen molar-refractivity contribution in [2.24, 2.45) is 5.92 Å². The van der Waals surface area contributed by atoms with Crippen LogP contribution in [0.5, 0.6) is 0 Å². The van der Waals surface area contributed by atoms with Crippen molar-refractivity contribution in [3.63, 3.8) is 0 Å². The minimum Gasteiger partial charge on any atom is -0.450 e. The van der Waals surface area contributed by atoms with E-state index in [-0.39, 0.29) is 17.9 Å². The Hall–Kier alpha value is -1.75. The molecule has 0 aliphatic carbocycles. The molecule has 0 radical (unpaired) electrons. The number of hydrogen-bond donors (Lipinski definition) is 1. The summed E-state index contributed by atoms with van der Waals surface area (Å²) >= 11 is 5.94. The second kappa shape index (κ2) is 8.77. The number of halogens is 1. The van der Waals surface area contributed by atoms with Crippen LogP contribution >= 0.6 is 11.6 Å². The molecule has 1 heterocycles. The van der Waals surface area contributed by atoms with Gasteiger partial charge in [-0.05, 0) is 43.9 Å². The first-order chi connectivity index (χ1) is 11.1. The third kappa shape index (κ3) is 5.43. The molecule has 2 amide bonds. The van der Waals surface area contributed by atoms with Gasteiger partial charge in [0.05, 0.1) is 12.5 Å². The highest BCUT2D eigenvalue weighted by Crippen LogP contribution is 2.17. The van der Waals surface area contributed by atoms with Gasteiger partial charge in [0.1, 0.15) is 0 Å². The summed E-state index contributed by atoms with van der Waals surface area (Å²) in [5, 5.41) is 3.65. The number of carbonyl (C=O) groups excluding carboxylic acids is 2. The summed E-state index contributed by atoms with van der Waals surface area (Å²) in [5.74, 6) is -0.159. The van der Waals surface area contributed by atoms with Crippen molar-refractivity contribution in [1.82, 2.24) is 10.2 Å². The normalized spacial score (nSPS) is 17.7. The minimum atomic E-state index is -0.330.